The number of ether oxygens (including phenoxy) is 1. The van der Waals surface area contributed by atoms with E-state index in [0.717, 1.165) is 5.56 Å². The van der Waals surface area contributed by atoms with E-state index in [1.54, 1.807) is 31.0 Å². The molecule has 0 bridgehead atoms. The molecule has 0 radical (unpaired) electrons. The molecule has 1 fully saturated rings. The first-order valence-electron chi connectivity index (χ1n) is 13.8. The summed E-state index contributed by atoms with van der Waals surface area (Å²) in [5, 5.41) is 16.2. The quantitative estimate of drug-likeness (QED) is 0.336. The first-order valence-corrected chi connectivity index (χ1v) is 14.2. The number of likely N-dealkylation sites (N-methyl/N-ethyl adjacent to an activating group) is 1. The number of amides is 3. The molecule has 3 N–H and O–H groups in total. The minimum atomic E-state index is -0.900. The van der Waals surface area contributed by atoms with Crippen molar-refractivity contribution in [2.45, 2.75) is 44.4 Å². The van der Waals surface area contributed by atoms with E-state index in [9.17, 15) is 23.9 Å². The summed E-state index contributed by atoms with van der Waals surface area (Å²) in [4.78, 5) is 50.5. The Morgan fingerprint density at radius 3 is 2.77 bits per heavy atom. The van der Waals surface area contributed by atoms with Crippen LogP contribution in [0.4, 0.5) is 10.3 Å². The van der Waals surface area contributed by atoms with Crippen molar-refractivity contribution in [2.24, 2.45) is 0 Å². The van der Waals surface area contributed by atoms with Gasteiger partial charge in [0.05, 0.1) is 36.7 Å². The Hall–Kier alpha value is -4.29. The molecule has 3 heterocycles. The number of benzene rings is 2. The summed E-state index contributed by atoms with van der Waals surface area (Å²) in [7, 11) is 3.15. The van der Waals surface area contributed by atoms with Crippen molar-refractivity contribution >= 4 is 35.3 Å². The normalized spacial score (nSPS) is 17.9. The predicted octanol–water partition coefficient (Wildman–Crippen LogP) is 3.17. The molecule has 3 amide bonds. The molecular weight excluding hydrogens is 579 g/mol. The molecule has 0 aliphatic carbocycles. The smallest absolute Gasteiger partial charge is 0.255 e. The fraction of sp³-hybridized carbons (Fsp3) is 0.367. The van der Waals surface area contributed by atoms with E-state index in [0.29, 0.717) is 52.7 Å². The van der Waals surface area contributed by atoms with Gasteiger partial charge in [-0.3, -0.25) is 14.4 Å². The highest BCUT2D eigenvalue weighted by molar-refractivity contribution is 6.33. The predicted molar refractivity (Wildman–Crippen MR) is 157 cm³/mol. The number of halogens is 2. The van der Waals surface area contributed by atoms with Gasteiger partial charge in [-0.15, -0.1) is 0 Å². The van der Waals surface area contributed by atoms with Crippen LogP contribution < -0.4 is 15.4 Å². The standard InChI is InChI=1S/C30H32ClFN6O5/c1-16(28(41)35-25(15-39)19-8-20(32)11-22(9-19)43-3)38-13-18-5-4-17(10-23(18)29(38)42)27-24(31)12-33-30(36-27)34-21-6-7-26(40)37(2)14-21/h4-5,8-12,16,21,25,39H,6-7,13-15H2,1-3H3,(H,35,41)(H,33,34,36)/t16?,21-,25?/m1/s1. The van der Waals surface area contributed by atoms with Crippen LogP contribution in [0, 0.1) is 5.82 Å². The summed E-state index contributed by atoms with van der Waals surface area (Å²) in [6, 6.07) is 7.45. The maximum absolute atomic E-state index is 14.0. The lowest BCUT2D eigenvalue weighted by Gasteiger charge is -2.30. The zero-order chi connectivity index (χ0) is 30.8. The van der Waals surface area contributed by atoms with Crippen LogP contribution in [0.1, 0.15) is 47.3 Å². The zero-order valence-corrected chi connectivity index (χ0v) is 24.7. The van der Waals surface area contributed by atoms with Crippen LogP contribution in [-0.4, -0.2) is 82.0 Å². The minimum Gasteiger partial charge on any atom is -0.497 e. The van der Waals surface area contributed by atoms with Crippen LogP contribution in [0.15, 0.2) is 42.6 Å². The maximum Gasteiger partial charge on any atom is 0.255 e. The Kier molecular flexibility index (Phi) is 8.79. The molecule has 2 unspecified atom stereocenters. The lowest BCUT2D eigenvalue weighted by molar-refractivity contribution is -0.132. The summed E-state index contributed by atoms with van der Waals surface area (Å²) in [5.41, 5.74) is 2.54. The van der Waals surface area contributed by atoms with E-state index in [2.05, 4.69) is 20.6 Å². The van der Waals surface area contributed by atoms with Gasteiger partial charge in [-0.1, -0.05) is 23.7 Å². The first-order chi connectivity index (χ1) is 20.6. The van der Waals surface area contributed by atoms with Gasteiger partial charge in [-0.05, 0) is 42.7 Å². The third-order valence-electron chi connectivity index (χ3n) is 7.80. The molecular formula is C30H32ClFN6O5. The van der Waals surface area contributed by atoms with Crippen molar-refractivity contribution in [3.05, 3.63) is 70.1 Å². The number of aliphatic hydroxyl groups is 1. The number of nitrogens with one attached hydrogen (secondary N) is 2. The SMILES string of the molecule is COc1cc(F)cc(C(CO)NC(=O)C(C)N2Cc3ccc(-c4nc(N[C@@H]5CCC(=O)N(C)C5)ncc4Cl)cc3C2=O)c1. The van der Waals surface area contributed by atoms with Crippen LogP contribution >= 0.6 is 11.6 Å². The number of carbonyl (C=O) groups is 3. The number of rotatable bonds is 9. The second kappa shape index (κ2) is 12.5. The number of hydrogen-bond acceptors (Lipinski definition) is 8. The summed E-state index contributed by atoms with van der Waals surface area (Å²) < 4.78 is 19.1. The maximum atomic E-state index is 14.0. The molecule has 3 atom stereocenters. The molecule has 0 spiro atoms. The number of fused-ring (bicyclic) bond motifs is 1. The van der Waals surface area contributed by atoms with Gasteiger partial charge in [0.2, 0.25) is 17.8 Å². The third kappa shape index (κ3) is 6.40. The fourth-order valence-electron chi connectivity index (χ4n) is 5.31. The van der Waals surface area contributed by atoms with Gasteiger partial charge >= 0.3 is 0 Å². The lowest BCUT2D eigenvalue weighted by atomic mass is 10.0. The van der Waals surface area contributed by atoms with Crippen LogP contribution in [-0.2, 0) is 16.1 Å². The molecule has 3 aromatic rings. The number of aliphatic hydroxyl groups excluding tert-OH is 1. The van der Waals surface area contributed by atoms with Gasteiger partial charge in [0.15, 0.2) is 0 Å². The van der Waals surface area contributed by atoms with E-state index in [4.69, 9.17) is 16.3 Å². The summed E-state index contributed by atoms with van der Waals surface area (Å²) in [6.45, 7) is 1.86. The Labute approximate surface area is 253 Å². The number of aromatic nitrogens is 2. The molecule has 5 rings (SSSR count). The van der Waals surface area contributed by atoms with Crippen LogP contribution in [0.3, 0.4) is 0 Å². The van der Waals surface area contributed by atoms with Crippen molar-refractivity contribution in [3.8, 4) is 17.0 Å². The second-order valence-corrected chi connectivity index (χ2v) is 11.1. The average molecular weight is 611 g/mol. The van der Waals surface area contributed by atoms with Crippen LogP contribution in [0.25, 0.3) is 11.3 Å². The molecule has 2 aliphatic rings. The van der Waals surface area contributed by atoms with E-state index < -0.39 is 30.4 Å². The lowest BCUT2D eigenvalue weighted by Crippen LogP contribution is -2.46. The van der Waals surface area contributed by atoms with Crippen LogP contribution in [0.2, 0.25) is 5.02 Å². The van der Waals surface area contributed by atoms with E-state index >= 15 is 0 Å². The Morgan fingerprint density at radius 1 is 1.26 bits per heavy atom. The van der Waals surface area contributed by atoms with Crippen molar-refractivity contribution in [1.82, 2.24) is 25.1 Å². The summed E-state index contributed by atoms with van der Waals surface area (Å²) in [6.07, 6.45) is 2.59. The van der Waals surface area contributed by atoms with Crippen molar-refractivity contribution in [3.63, 3.8) is 0 Å². The van der Waals surface area contributed by atoms with Gasteiger partial charge in [-0.25, -0.2) is 14.4 Å². The first kappa shape index (κ1) is 30.2. The molecule has 2 aromatic carbocycles. The minimum absolute atomic E-state index is 0.00658. The molecule has 0 saturated carbocycles. The third-order valence-corrected chi connectivity index (χ3v) is 8.07. The topological polar surface area (TPSA) is 137 Å². The van der Waals surface area contributed by atoms with Crippen molar-refractivity contribution in [1.29, 1.82) is 0 Å². The average Bonchev–Trinajstić information content (AvgIpc) is 3.33. The zero-order valence-electron chi connectivity index (χ0n) is 23.9. The largest absolute Gasteiger partial charge is 0.497 e. The molecule has 226 valence electrons. The van der Waals surface area contributed by atoms with Gasteiger partial charge < -0.3 is 30.3 Å². The van der Waals surface area contributed by atoms with Crippen molar-refractivity contribution < 1.29 is 28.6 Å². The molecule has 43 heavy (non-hydrogen) atoms. The molecule has 1 aromatic heterocycles. The monoisotopic (exact) mass is 610 g/mol. The highest BCUT2D eigenvalue weighted by atomic mass is 35.5. The number of nitrogens with zero attached hydrogens (tertiary/aromatic N) is 4. The van der Waals surface area contributed by atoms with E-state index in [1.165, 1.54) is 36.4 Å². The fourth-order valence-corrected chi connectivity index (χ4v) is 5.51. The van der Waals surface area contributed by atoms with Gasteiger partial charge in [0, 0.05) is 49.8 Å². The summed E-state index contributed by atoms with van der Waals surface area (Å²) >= 11 is 6.46. The van der Waals surface area contributed by atoms with E-state index in [-0.39, 0.29) is 30.2 Å². The van der Waals surface area contributed by atoms with Gasteiger partial charge in [-0.2, -0.15) is 0 Å². The number of carbonyl (C=O) groups excluding carboxylic acids is 3. The highest BCUT2D eigenvalue weighted by Gasteiger charge is 2.35. The number of hydrogen-bond donors (Lipinski definition) is 3. The second-order valence-electron chi connectivity index (χ2n) is 10.7. The Balaban J connectivity index is 1.30. The molecule has 13 heteroatoms. The van der Waals surface area contributed by atoms with Crippen molar-refractivity contribution in [2.75, 3.05) is 32.6 Å². The van der Waals surface area contributed by atoms with Crippen LogP contribution in [0.5, 0.6) is 5.75 Å². The number of piperidine rings is 1. The summed E-state index contributed by atoms with van der Waals surface area (Å²) in [5.74, 6) is -0.707. The number of anilines is 1. The highest BCUT2D eigenvalue weighted by Crippen LogP contribution is 2.33. The number of methoxy groups -OCH3 is 1. The van der Waals surface area contributed by atoms with E-state index in [1.807, 2.05) is 6.07 Å². The Morgan fingerprint density at radius 2 is 2.05 bits per heavy atom. The molecule has 1 saturated heterocycles. The molecule has 2 aliphatic heterocycles. The van der Waals surface area contributed by atoms with Gasteiger partial charge in [0.1, 0.15) is 17.6 Å². The Bertz CT molecular complexity index is 1570. The number of likely N-dealkylation sites (tertiary alicyclic amines) is 1. The molecule has 11 nitrogen and oxygen atoms in total. The van der Waals surface area contributed by atoms with Gasteiger partial charge in [0.25, 0.3) is 5.91 Å².